The van der Waals surface area contributed by atoms with Gasteiger partial charge in [-0.25, -0.2) is 18.7 Å². The highest BCUT2D eigenvalue weighted by atomic mass is 32.1. The highest BCUT2D eigenvalue weighted by molar-refractivity contribution is 7.22. The number of hydrogen-bond acceptors (Lipinski definition) is 6. The summed E-state index contributed by atoms with van der Waals surface area (Å²) in [6.07, 6.45) is 2.90. The van der Waals surface area contributed by atoms with Crippen LogP contribution in [0.5, 0.6) is 0 Å². The molecule has 31 heavy (non-hydrogen) atoms. The molecule has 0 saturated heterocycles. The SMILES string of the molecule is Cc1ncn(CC(=O)N(Cc2ccccn2)c2nc3c(F)cc(F)cc3s2)c(=O)c1C. The zero-order chi connectivity index (χ0) is 22.1. The van der Waals surface area contributed by atoms with Crippen LogP contribution >= 0.6 is 11.3 Å². The van der Waals surface area contributed by atoms with Gasteiger partial charge in [0, 0.05) is 23.5 Å². The quantitative estimate of drug-likeness (QED) is 0.474. The van der Waals surface area contributed by atoms with Crippen LogP contribution < -0.4 is 10.5 Å². The minimum atomic E-state index is -0.808. The van der Waals surface area contributed by atoms with Crippen LogP contribution in [0.1, 0.15) is 17.0 Å². The van der Waals surface area contributed by atoms with Crippen LogP contribution in [0, 0.1) is 25.5 Å². The fraction of sp³-hybridized carbons (Fsp3) is 0.190. The first-order valence-corrected chi connectivity index (χ1v) is 10.1. The van der Waals surface area contributed by atoms with E-state index in [2.05, 4.69) is 15.0 Å². The molecule has 10 heteroatoms. The van der Waals surface area contributed by atoms with Crippen LogP contribution in [0.3, 0.4) is 0 Å². The number of nitrogens with zero attached hydrogens (tertiary/aromatic N) is 5. The number of rotatable bonds is 5. The molecular weight excluding hydrogens is 424 g/mol. The van der Waals surface area contributed by atoms with Crippen molar-refractivity contribution >= 4 is 32.6 Å². The summed E-state index contributed by atoms with van der Waals surface area (Å²) in [5.41, 5.74) is 1.26. The van der Waals surface area contributed by atoms with Gasteiger partial charge in [0.15, 0.2) is 10.9 Å². The smallest absolute Gasteiger partial charge is 0.256 e. The maximum absolute atomic E-state index is 14.2. The maximum atomic E-state index is 14.2. The van der Waals surface area contributed by atoms with Gasteiger partial charge in [0.1, 0.15) is 17.9 Å². The number of carbonyl (C=O) groups is 1. The van der Waals surface area contributed by atoms with Gasteiger partial charge in [-0.05, 0) is 32.0 Å². The summed E-state index contributed by atoms with van der Waals surface area (Å²) < 4.78 is 29.3. The lowest BCUT2D eigenvalue weighted by Gasteiger charge is -2.20. The van der Waals surface area contributed by atoms with Gasteiger partial charge < -0.3 is 0 Å². The van der Waals surface area contributed by atoms with E-state index in [-0.39, 0.29) is 34.0 Å². The summed E-state index contributed by atoms with van der Waals surface area (Å²) in [4.78, 5) is 39.6. The number of aromatic nitrogens is 4. The number of fused-ring (bicyclic) bond motifs is 1. The predicted octanol–water partition coefficient (Wildman–Crippen LogP) is 3.38. The summed E-state index contributed by atoms with van der Waals surface area (Å²) in [7, 11) is 0. The fourth-order valence-electron chi connectivity index (χ4n) is 3.00. The second kappa shape index (κ2) is 8.31. The van der Waals surface area contributed by atoms with Crippen LogP contribution in [0.2, 0.25) is 0 Å². The number of benzene rings is 1. The Labute approximate surface area is 179 Å². The lowest BCUT2D eigenvalue weighted by molar-refractivity contribution is -0.119. The second-order valence-corrected chi connectivity index (χ2v) is 7.93. The molecule has 0 atom stereocenters. The lowest BCUT2D eigenvalue weighted by Crippen LogP contribution is -2.37. The summed E-state index contributed by atoms with van der Waals surface area (Å²) in [5.74, 6) is -1.99. The number of halogens is 2. The average molecular weight is 441 g/mol. The molecule has 4 rings (SSSR count). The average Bonchev–Trinajstić information content (AvgIpc) is 3.17. The Morgan fingerprint density at radius 3 is 2.74 bits per heavy atom. The molecule has 0 N–H and O–H groups in total. The molecule has 0 fully saturated rings. The van der Waals surface area contributed by atoms with Gasteiger partial charge in [0.2, 0.25) is 5.91 Å². The van der Waals surface area contributed by atoms with Crippen LogP contribution in [0.25, 0.3) is 10.2 Å². The Morgan fingerprint density at radius 1 is 1.19 bits per heavy atom. The number of pyridine rings is 1. The molecule has 7 nitrogen and oxygen atoms in total. The molecule has 4 aromatic rings. The first-order chi connectivity index (χ1) is 14.8. The summed E-state index contributed by atoms with van der Waals surface area (Å²) in [5, 5.41) is 0.181. The van der Waals surface area contributed by atoms with E-state index in [1.807, 2.05) is 0 Å². The Bertz CT molecular complexity index is 1340. The van der Waals surface area contributed by atoms with Crippen molar-refractivity contribution in [3.05, 3.63) is 81.8 Å². The molecule has 0 bridgehead atoms. The molecule has 0 spiro atoms. The number of anilines is 1. The molecule has 0 aliphatic carbocycles. The Hall–Kier alpha value is -3.53. The first-order valence-electron chi connectivity index (χ1n) is 9.32. The van der Waals surface area contributed by atoms with E-state index in [0.29, 0.717) is 17.0 Å². The lowest BCUT2D eigenvalue weighted by atomic mass is 10.3. The molecule has 3 heterocycles. The standard InChI is InChI=1S/C21H17F2N5O2S/c1-12-13(2)25-11-27(20(12)30)10-18(29)28(9-15-5-3-4-6-24-15)21-26-19-16(23)7-14(22)8-17(19)31-21/h3-8,11H,9-10H2,1-2H3. The van der Waals surface area contributed by atoms with Crippen molar-refractivity contribution in [2.75, 3.05) is 4.90 Å². The minimum Gasteiger partial charge on any atom is -0.289 e. The third-order valence-corrected chi connectivity index (χ3v) is 5.83. The van der Waals surface area contributed by atoms with Crippen molar-refractivity contribution in [1.82, 2.24) is 19.5 Å². The van der Waals surface area contributed by atoms with E-state index in [0.717, 1.165) is 17.4 Å². The summed E-state index contributed by atoms with van der Waals surface area (Å²) >= 11 is 0.985. The van der Waals surface area contributed by atoms with E-state index in [1.165, 1.54) is 21.9 Å². The first kappa shape index (κ1) is 20.7. The molecule has 3 aromatic heterocycles. The fourth-order valence-corrected chi connectivity index (χ4v) is 4.02. The highest BCUT2D eigenvalue weighted by Gasteiger charge is 2.23. The van der Waals surface area contributed by atoms with Crippen molar-refractivity contribution < 1.29 is 13.6 Å². The van der Waals surface area contributed by atoms with Gasteiger partial charge in [-0.1, -0.05) is 17.4 Å². The highest BCUT2D eigenvalue weighted by Crippen LogP contribution is 2.32. The van der Waals surface area contributed by atoms with Crippen LogP contribution in [0.15, 0.2) is 47.7 Å². The molecule has 1 amide bonds. The molecule has 0 saturated carbocycles. The van der Waals surface area contributed by atoms with Gasteiger partial charge in [-0.2, -0.15) is 0 Å². The molecule has 0 unspecified atom stereocenters. The van der Waals surface area contributed by atoms with Crippen LogP contribution in [-0.2, 0) is 17.9 Å². The van der Waals surface area contributed by atoms with Crippen molar-refractivity contribution in [3.63, 3.8) is 0 Å². The summed E-state index contributed by atoms with van der Waals surface area (Å²) in [6.45, 7) is 3.12. The molecule has 158 valence electrons. The van der Waals surface area contributed by atoms with Crippen molar-refractivity contribution in [3.8, 4) is 0 Å². The van der Waals surface area contributed by atoms with Crippen LogP contribution in [-0.4, -0.2) is 25.4 Å². The number of carbonyl (C=O) groups excluding carboxylic acids is 1. The van der Waals surface area contributed by atoms with E-state index < -0.39 is 17.5 Å². The van der Waals surface area contributed by atoms with Crippen LogP contribution in [0.4, 0.5) is 13.9 Å². The predicted molar refractivity (Wildman–Crippen MR) is 113 cm³/mol. The maximum Gasteiger partial charge on any atom is 0.256 e. The second-order valence-electron chi connectivity index (χ2n) is 6.92. The molecular formula is C21H17F2N5O2S. The normalized spacial score (nSPS) is 11.1. The largest absolute Gasteiger partial charge is 0.289 e. The van der Waals surface area contributed by atoms with E-state index in [1.54, 1.807) is 38.2 Å². The van der Waals surface area contributed by atoms with E-state index >= 15 is 0 Å². The van der Waals surface area contributed by atoms with Gasteiger partial charge in [-0.15, -0.1) is 0 Å². The van der Waals surface area contributed by atoms with Gasteiger partial charge in [-0.3, -0.25) is 24.0 Å². The third-order valence-electron chi connectivity index (χ3n) is 4.80. The molecule has 0 radical (unpaired) electrons. The number of amides is 1. The van der Waals surface area contributed by atoms with Crippen molar-refractivity contribution in [1.29, 1.82) is 0 Å². The Morgan fingerprint density at radius 2 is 2.00 bits per heavy atom. The third kappa shape index (κ3) is 4.19. The Balaban J connectivity index is 1.74. The number of aryl methyl sites for hydroxylation is 1. The summed E-state index contributed by atoms with van der Waals surface area (Å²) in [6, 6.07) is 7.16. The molecule has 0 aliphatic rings. The molecule has 0 aliphatic heterocycles. The van der Waals surface area contributed by atoms with Gasteiger partial charge >= 0.3 is 0 Å². The molecule has 1 aromatic carbocycles. The number of hydrogen-bond donors (Lipinski definition) is 0. The van der Waals surface area contributed by atoms with E-state index in [9.17, 15) is 18.4 Å². The topological polar surface area (TPSA) is 81.0 Å². The van der Waals surface area contributed by atoms with Gasteiger partial charge in [0.25, 0.3) is 5.56 Å². The van der Waals surface area contributed by atoms with Crippen molar-refractivity contribution in [2.45, 2.75) is 26.9 Å². The zero-order valence-electron chi connectivity index (χ0n) is 16.7. The Kier molecular flexibility index (Phi) is 5.55. The zero-order valence-corrected chi connectivity index (χ0v) is 17.5. The number of thiazole rings is 1. The minimum absolute atomic E-state index is 0.0229. The van der Waals surface area contributed by atoms with E-state index in [4.69, 9.17) is 0 Å². The van der Waals surface area contributed by atoms with Gasteiger partial charge in [0.05, 0.1) is 23.3 Å². The van der Waals surface area contributed by atoms with Crippen molar-refractivity contribution in [2.24, 2.45) is 0 Å². The monoisotopic (exact) mass is 441 g/mol.